The van der Waals surface area contributed by atoms with E-state index >= 15 is 0 Å². The lowest BCUT2D eigenvalue weighted by Crippen LogP contribution is -1.76. The monoisotopic (exact) mass is 464 g/mol. The number of aliphatic hydroxyl groups is 1. The van der Waals surface area contributed by atoms with Crippen LogP contribution in [-0.2, 0) is 4.74 Å². The summed E-state index contributed by atoms with van der Waals surface area (Å²) in [6, 6.07) is 37.7. The highest BCUT2D eigenvalue weighted by Crippen LogP contribution is 2.22. The van der Waals surface area contributed by atoms with E-state index in [1.807, 2.05) is 24.3 Å². The Labute approximate surface area is 207 Å². The molecule has 0 aliphatic carbocycles. The second-order valence-electron chi connectivity index (χ2n) is 7.66. The normalized spacial score (nSPS) is 9.83. The van der Waals surface area contributed by atoms with E-state index in [1.54, 1.807) is 14.2 Å². The molecule has 0 radical (unpaired) electrons. The predicted octanol–water partition coefficient (Wildman–Crippen LogP) is 7.08. The number of pyridine rings is 2. The highest BCUT2D eigenvalue weighted by molar-refractivity contribution is 5.71. The zero-order chi connectivity index (χ0) is 24.9. The molecule has 0 aliphatic heterocycles. The molecular weight excluding hydrogens is 432 g/mol. The van der Waals surface area contributed by atoms with Crippen molar-refractivity contribution in [2.45, 2.75) is 0 Å². The minimum absolute atomic E-state index is 1.00. The smallest absolute Gasteiger partial charge is 0.0456 e. The molecule has 35 heavy (non-hydrogen) atoms. The fraction of sp³-hybridized carbons (Fsp3) is 0.0968. The van der Waals surface area contributed by atoms with Gasteiger partial charge in [-0.1, -0.05) is 72.8 Å². The third-order valence-electron chi connectivity index (χ3n) is 5.22. The number of benzene rings is 2. The maximum atomic E-state index is 7.00. The van der Waals surface area contributed by atoms with Gasteiger partial charge in [0, 0.05) is 68.3 Å². The number of nitrogens with zero attached hydrogens (tertiary/aromatic N) is 2. The van der Waals surface area contributed by atoms with E-state index < -0.39 is 0 Å². The third kappa shape index (κ3) is 6.93. The van der Waals surface area contributed by atoms with Crippen molar-refractivity contribution < 1.29 is 9.84 Å². The zero-order valence-corrected chi connectivity index (χ0v) is 20.5. The van der Waals surface area contributed by atoms with Crippen LogP contribution in [0.1, 0.15) is 0 Å². The summed E-state index contributed by atoms with van der Waals surface area (Å²) in [7, 11) is 4.25. The first-order valence-corrected chi connectivity index (χ1v) is 11.4. The van der Waals surface area contributed by atoms with E-state index in [0.29, 0.717) is 0 Å². The molecule has 1 N–H and O–H groups in total. The molecule has 0 spiro atoms. The summed E-state index contributed by atoms with van der Waals surface area (Å²) in [6.45, 7) is 0. The molecule has 4 nitrogen and oxygen atoms in total. The number of aliphatic hydroxyl groups excluding tert-OH is 1. The molecule has 0 unspecified atom stereocenters. The van der Waals surface area contributed by atoms with Crippen LogP contribution in [0.4, 0.5) is 0 Å². The van der Waals surface area contributed by atoms with Crippen LogP contribution in [-0.4, -0.2) is 35.2 Å². The molecule has 4 heterocycles. The van der Waals surface area contributed by atoms with Crippen LogP contribution in [0.15, 0.2) is 134 Å². The van der Waals surface area contributed by atoms with Crippen molar-refractivity contribution in [2.75, 3.05) is 21.3 Å². The van der Waals surface area contributed by atoms with Crippen LogP contribution in [0.2, 0.25) is 0 Å². The van der Waals surface area contributed by atoms with Crippen LogP contribution in [0, 0.1) is 0 Å². The highest BCUT2D eigenvalue weighted by atomic mass is 16.4. The molecule has 2 aromatic carbocycles. The molecule has 0 atom stereocenters. The fourth-order valence-electron chi connectivity index (χ4n) is 3.69. The van der Waals surface area contributed by atoms with E-state index in [1.165, 1.54) is 33.3 Å². The second-order valence-corrected chi connectivity index (χ2v) is 7.66. The van der Waals surface area contributed by atoms with Gasteiger partial charge >= 0.3 is 0 Å². The Kier molecular flexibility index (Phi) is 9.88. The van der Waals surface area contributed by atoms with Gasteiger partial charge in [-0.25, -0.2) is 0 Å². The number of fused-ring (bicyclic) bond motifs is 2. The minimum atomic E-state index is 1.00. The largest absolute Gasteiger partial charge is 0.400 e. The van der Waals surface area contributed by atoms with E-state index in [-0.39, 0.29) is 0 Å². The Morgan fingerprint density at radius 3 is 1.17 bits per heavy atom. The number of methoxy groups -OCH3 is 1. The van der Waals surface area contributed by atoms with E-state index in [9.17, 15) is 0 Å². The fourth-order valence-corrected chi connectivity index (χ4v) is 3.69. The summed E-state index contributed by atoms with van der Waals surface area (Å²) in [5.41, 5.74) is 7.53. The molecular formula is C31H32N2O2. The Morgan fingerprint density at radius 1 is 0.486 bits per heavy atom. The lowest BCUT2D eigenvalue weighted by molar-refractivity contribution is 0.277. The first-order chi connectivity index (χ1) is 17.3. The second kappa shape index (κ2) is 13.6. The Morgan fingerprint density at radius 2 is 0.829 bits per heavy atom. The quantitative estimate of drug-likeness (QED) is 0.297. The van der Waals surface area contributed by atoms with Crippen molar-refractivity contribution in [3.8, 4) is 22.3 Å². The van der Waals surface area contributed by atoms with E-state index in [2.05, 4.69) is 123 Å². The number of hydrogen-bond donors (Lipinski definition) is 1. The third-order valence-corrected chi connectivity index (χ3v) is 5.22. The Bertz CT molecular complexity index is 1230. The number of hydrogen-bond acceptors (Lipinski definition) is 2. The van der Waals surface area contributed by atoms with Crippen molar-refractivity contribution in [3.05, 3.63) is 134 Å². The molecule has 4 aromatic heterocycles. The van der Waals surface area contributed by atoms with Crippen molar-refractivity contribution in [3.63, 3.8) is 0 Å². The summed E-state index contributed by atoms with van der Waals surface area (Å²) < 4.78 is 8.53. The van der Waals surface area contributed by atoms with Crippen molar-refractivity contribution >= 4 is 11.0 Å². The van der Waals surface area contributed by atoms with Crippen molar-refractivity contribution in [1.29, 1.82) is 0 Å². The van der Waals surface area contributed by atoms with Gasteiger partial charge in [-0.3, -0.25) is 0 Å². The van der Waals surface area contributed by atoms with Gasteiger partial charge in [0.1, 0.15) is 0 Å². The highest BCUT2D eigenvalue weighted by Gasteiger charge is 2.01. The summed E-state index contributed by atoms with van der Waals surface area (Å²) in [5, 5.41) is 7.00. The molecule has 0 saturated carbocycles. The summed E-state index contributed by atoms with van der Waals surface area (Å²) in [6.07, 6.45) is 8.46. The molecule has 178 valence electrons. The molecule has 0 aliphatic rings. The topological polar surface area (TPSA) is 38.3 Å². The molecule has 6 aromatic rings. The standard InChI is InChI=1S/2C14H11N.C2H6O.CH4O/c2*1-2-6-12(7-3-1)13-10-14-8-4-5-9-15(14)11-13;1-3-2;1-2/h2*1-11H;1-2H3;2H,1H3. The van der Waals surface area contributed by atoms with Crippen LogP contribution < -0.4 is 0 Å². The van der Waals surface area contributed by atoms with Crippen LogP contribution in [0.25, 0.3) is 33.3 Å². The van der Waals surface area contributed by atoms with Crippen molar-refractivity contribution in [1.82, 2.24) is 8.80 Å². The Balaban J connectivity index is 0.000000166. The van der Waals surface area contributed by atoms with Crippen molar-refractivity contribution in [2.24, 2.45) is 0 Å². The van der Waals surface area contributed by atoms with E-state index in [4.69, 9.17) is 5.11 Å². The molecule has 0 bridgehead atoms. The predicted molar refractivity (Wildman–Crippen MR) is 147 cm³/mol. The lowest BCUT2D eigenvalue weighted by atomic mass is 10.1. The van der Waals surface area contributed by atoms with E-state index in [0.717, 1.165) is 7.11 Å². The summed E-state index contributed by atoms with van der Waals surface area (Å²) >= 11 is 0. The number of rotatable bonds is 2. The van der Waals surface area contributed by atoms with Gasteiger partial charge < -0.3 is 18.6 Å². The maximum absolute atomic E-state index is 7.00. The van der Waals surface area contributed by atoms with Gasteiger partial charge in [0.05, 0.1) is 0 Å². The first-order valence-electron chi connectivity index (χ1n) is 11.4. The van der Waals surface area contributed by atoms with Gasteiger partial charge in [0.2, 0.25) is 0 Å². The van der Waals surface area contributed by atoms with Crippen LogP contribution >= 0.6 is 0 Å². The van der Waals surface area contributed by atoms with Gasteiger partial charge in [0.25, 0.3) is 0 Å². The Hall–Kier alpha value is -4.12. The van der Waals surface area contributed by atoms with Gasteiger partial charge in [-0.15, -0.1) is 0 Å². The average molecular weight is 465 g/mol. The number of ether oxygens (including phenoxy) is 1. The summed E-state index contributed by atoms with van der Waals surface area (Å²) in [4.78, 5) is 0. The molecule has 0 saturated heterocycles. The molecule has 0 fully saturated rings. The van der Waals surface area contributed by atoms with Gasteiger partial charge in [-0.05, 0) is 47.5 Å². The first kappa shape index (κ1) is 25.5. The molecule has 6 rings (SSSR count). The average Bonchev–Trinajstić information content (AvgIpc) is 3.56. The minimum Gasteiger partial charge on any atom is -0.400 e. The molecule has 0 amide bonds. The van der Waals surface area contributed by atoms with Gasteiger partial charge in [-0.2, -0.15) is 0 Å². The van der Waals surface area contributed by atoms with Crippen LogP contribution in [0.5, 0.6) is 0 Å². The van der Waals surface area contributed by atoms with Gasteiger partial charge in [0.15, 0.2) is 0 Å². The lowest BCUT2D eigenvalue weighted by Gasteiger charge is -1.94. The van der Waals surface area contributed by atoms with Crippen LogP contribution in [0.3, 0.4) is 0 Å². The maximum Gasteiger partial charge on any atom is 0.0456 e. The molecule has 4 heteroatoms. The number of aromatic nitrogens is 2. The zero-order valence-electron chi connectivity index (χ0n) is 20.5. The summed E-state index contributed by atoms with van der Waals surface area (Å²) in [5.74, 6) is 0. The SMILES string of the molecule is CO.COC.c1ccc(-c2cc3ccccn3c2)cc1.c1ccc(-c2cc3ccccn3c2)cc1.